The molecule has 0 radical (unpaired) electrons. The van der Waals surface area contributed by atoms with Crippen molar-refractivity contribution in [2.45, 2.75) is 31.7 Å². The molecule has 2 fully saturated rings. The number of carbonyl (C=O) groups excluding carboxylic acids is 1. The monoisotopic (exact) mass is 478 g/mol. The van der Waals surface area contributed by atoms with Crippen LogP contribution in [0, 0.1) is 11.6 Å². The average molecular weight is 478 g/mol. The van der Waals surface area contributed by atoms with Gasteiger partial charge in [-0.2, -0.15) is 0 Å². The van der Waals surface area contributed by atoms with Gasteiger partial charge in [-0.1, -0.05) is 13.0 Å². The Bertz CT molecular complexity index is 681. The summed E-state index contributed by atoms with van der Waals surface area (Å²) in [6.45, 7) is 4.09. The average Bonchev–Trinajstić information content (AvgIpc) is 3.40. The number of piperazine rings is 1. The van der Waals surface area contributed by atoms with Crippen molar-refractivity contribution in [2.75, 3.05) is 33.2 Å². The first-order chi connectivity index (χ1) is 12.0. The van der Waals surface area contributed by atoms with E-state index in [0.717, 1.165) is 25.5 Å². The smallest absolute Gasteiger partial charge is 0.242 e. The van der Waals surface area contributed by atoms with Crippen molar-refractivity contribution in [1.29, 1.82) is 0 Å². The molecule has 0 spiro atoms. The normalized spacial score (nSPS) is 19.2. The van der Waals surface area contributed by atoms with Crippen LogP contribution in [0.25, 0.3) is 0 Å². The van der Waals surface area contributed by atoms with Gasteiger partial charge < -0.3 is 15.1 Å². The van der Waals surface area contributed by atoms with Crippen molar-refractivity contribution >= 4 is 35.8 Å². The number of guanidine groups is 1. The second-order valence-corrected chi connectivity index (χ2v) is 6.73. The molecule has 1 unspecified atom stereocenters. The van der Waals surface area contributed by atoms with Gasteiger partial charge in [-0.3, -0.25) is 9.79 Å². The Morgan fingerprint density at radius 1 is 1.35 bits per heavy atom. The van der Waals surface area contributed by atoms with Crippen LogP contribution in [-0.2, 0) is 4.79 Å². The summed E-state index contributed by atoms with van der Waals surface area (Å²) < 4.78 is 26.9. The zero-order chi connectivity index (χ0) is 18.0. The number of hydrogen-bond donors (Lipinski definition) is 1. The van der Waals surface area contributed by atoms with Crippen LogP contribution in [0.4, 0.5) is 8.78 Å². The second-order valence-electron chi connectivity index (χ2n) is 6.73. The molecule has 0 bridgehead atoms. The summed E-state index contributed by atoms with van der Waals surface area (Å²) >= 11 is 0. The van der Waals surface area contributed by atoms with Crippen LogP contribution < -0.4 is 5.32 Å². The van der Waals surface area contributed by atoms with Crippen molar-refractivity contribution in [1.82, 2.24) is 15.1 Å². The highest BCUT2D eigenvalue weighted by molar-refractivity contribution is 14.0. The van der Waals surface area contributed by atoms with Crippen LogP contribution in [0.15, 0.2) is 23.2 Å². The van der Waals surface area contributed by atoms with E-state index in [9.17, 15) is 13.6 Å². The molecule has 26 heavy (non-hydrogen) atoms. The van der Waals surface area contributed by atoms with E-state index >= 15 is 0 Å². The summed E-state index contributed by atoms with van der Waals surface area (Å²) in [5, 5.41) is 3.20. The minimum absolute atomic E-state index is 0. The molecule has 0 aromatic heterocycles. The van der Waals surface area contributed by atoms with Crippen molar-refractivity contribution in [3.8, 4) is 0 Å². The first-order valence-electron chi connectivity index (χ1n) is 8.69. The zero-order valence-corrected chi connectivity index (χ0v) is 17.4. The lowest BCUT2D eigenvalue weighted by atomic mass is 10.0. The fraction of sp³-hybridized carbons (Fsp3) is 0.556. The molecule has 3 rings (SSSR count). The first-order valence-corrected chi connectivity index (χ1v) is 8.69. The lowest BCUT2D eigenvalue weighted by Gasteiger charge is -2.36. The Hall–Kier alpha value is -1.45. The maximum absolute atomic E-state index is 13.9. The van der Waals surface area contributed by atoms with E-state index in [-0.39, 0.29) is 35.8 Å². The van der Waals surface area contributed by atoms with E-state index in [1.807, 2.05) is 16.7 Å². The maximum Gasteiger partial charge on any atom is 0.242 e. The number of benzene rings is 1. The molecule has 1 aliphatic carbocycles. The van der Waals surface area contributed by atoms with Gasteiger partial charge in [-0.25, -0.2) is 8.78 Å². The molecule has 1 N–H and O–H groups in total. The van der Waals surface area contributed by atoms with E-state index in [0.29, 0.717) is 37.2 Å². The lowest BCUT2D eigenvalue weighted by molar-refractivity contribution is -0.135. The molecule has 1 amide bonds. The SMILES string of the molecule is CN=C(NCC(C)c1ccc(F)cc1F)N1CCN(C2CC2)C(=O)C1.I. The molecule has 1 saturated heterocycles. The molecule has 1 saturated carbocycles. The third-order valence-corrected chi connectivity index (χ3v) is 4.82. The van der Waals surface area contributed by atoms with E-state index in [4.69, 9.17) is 0 Å². The Morgan fingerprint density at radius 2 is 2.08 bits per heavy atom. The standard InChI is InChI=1S/C18H24F2N4O.HI/c1-12(15-6-3-13(19)9-16(15)20)10-22-18(21-2)23-7-8-24(14-4-5-14)17(25)11-23;/h3,6,9,12,14H,4-5,7-8,10-11H2,1-2H3,(H,21,22);1H. The highest BCUT2D eigenvalue weighted by atomic mass is 127. The zero-order valence-electron chi connectivity index (χ0n) is 15.0. The number of hydrogen-bond acceptors (Lipinski definition) is 2. The number of aliphatic imine (C=N–C) groups is 1. The van der Waals surface area contributed by atoms with Gasteiger partial charge in [0.15, 0.2) is 5.96 Å². The fourth-order valence-electron chi connectivity index (χ4n) is 3.23. The summed E-state index contributed by atoms with van der Waals surface area (Å²) in [7, 11) is 1.67. The topological polar surface area (TPSA) is 47.9 Å². The predicted octanol–water partition coefficient (Wildman–Crippen LogP) is 2.57. The minimum Gasteiger partial charge on any atom is -0.356 e. The lowest BCUT2D eigenvalue weighted by Crippen LogP contribution is -2.56. The van der Waals surface area contributed by atoms with Crippen molar-refractivity contribution in [2.24, 2.45) is 4.99 Å². The summed E-state index contributed by atoms with van der Waals surface area (Å²) in [5.74, 6) is -0.505. The van der Waals surface area contributed by atoms with Crippen LogP contribution >= 0.6 is 24.0 Å². The Morgan fingerprint density at radius 3 is 2.65 bits per heavy atom. The van der Waals surface area contributed by atoms with Gasteiger partial charge in [0.25, 0.3) is 0 Å². The quantitative estimate of drug-likeness (QED) is 0.411. The highest BCUT2D eigenvalue weighted by Gasteiger charge is 2.36. The number of amides is 1. The van der Waals surface area contributed by atoms with Crippen LogP contribution in [0.3, 0.4) is 0 Å². The predicted molar refractivity (Wildman–Crippen MR) is 108 cm³/mol. The van der Waals surface area contributed by atoms with E-state index in [2.05, 4.69) is 10.3 Å². The molecule has 8 heteroatoms. The Balaban J connectivity index is 0.00000243. The number of halogens is 3. The molecule has 1 atom stereocenters. The van der Waals surface area contributed by atoms with Crippen molar-refractivity contribution < 1.29 is 13.6 Å². The van der Waals surface area contributed by atoms with Gasteiger partial charge >= 0.3 is 0 Å². The highest BCUT2D eigenvalue weighted by Crippen LogP contribution is 2.28. The van der Waals surface area contributed by atoms with Crippen molar-refractivity contribution in [3.63, 3.8) is 0 Å². The summed E-state index contributed by atoms with van der Waals surface area (Å²) in [6.07, 6.45) is 2.22. The summed E-state index contributed by atoms with van der Waals surface area (Å²) in [4.78, 5) is 20.4. The summed E-state index contributed by atoms with van der Waals surface area (Å²) in [6, 6.07) is 4.07. The van der Waals surface area contributed by atoms with Gasteiger partial charge in [0.1, 0.15) is 11.6 Å². The maximum atomic E-state index is 13.9. The third kappa shape index (κ3) is 4.83. The molecule has 144 valence electrons. The van der Waals surface area contributed by atoms with Crippen LogP contribution in [0.2, 0.25) is 0 Å². The number of carbonyl (C=O) groups is 1. The Labute approximate surface area is 169 Å². The molecular weight excluding hydrogens is 453 g/mol. The Kier molecular flexibility index (Phi) is 7.19. The van der Waals surface area contributed by atoms with Gasteiger partial charge in [-0.05, 0) is 24.5 Å². The van der Waals surface area contributed by atoms with Gasteiger partial charge in [0.2, 0.25) is 5.91 Å². The molecule has 2 aliphatic rings. The van der Waals surface area contributed by atoms with Crippen LogP contribution in [0.5, 0.6) is 0 Å². The largest absolute Gasteiger partial charge is 0.356 e. The van der Waals surface area contributed by atoms with Gasteiger partial charge in [0.05, 0.1) is 6.54 Å². The molecule has 5 nitrogen and oxygen atoms in total. The molecule has 1 aromatic carbocycles. The van der Waals surface area contributed by atoms with E-state index < -0.39 is 11.6 Å². The second kappa shape index (κ2) is 8.96. The third-order valence-electron chi connectivity index (χ3n) is 4.82. The molecular formula is C18H25F2IN4O. The fourth-order valence-corrected chi connectivity index (χ4v) is 3.23. The van der Waals surface area contributed by atoms with Gasteiger partial charge in [-0.15, -0.1) is 24.0 Å². The first kappa shape index (κ1) is 20.9. The van der Waals surface area contributed by atoms with Crippen LogP contribution in [-0.4, -0.2) is 60.9 Å². The minimum atomic E-state index is -0.579. The molecule has 1 aliphatic heterocycles. The number of nitrogens with zero attached hydrogens (tertiary/aromatic N) is 3. The summed E-state index contributed by atoms with van der Waals surface area (Å²) in [5.41, 5.74) is 0.457. The van der Waals surface area contributed by atoms with Crippen LogP contribution in [0.1, 0.15) is 31.2 Å². The van der Waals surface area contributed by atoms with E-state index in [1.165, 1.54) is 12.1 Å². The van der Waals surface area contributed by atoms with Crippen molar-refractivity contribution in [3.05, 3.63) is 35.4 Å². The van der Waals surface area contributed by atoms with Gasteiger partial charge in [0, 0.05) is 44.7 Å². The van der Waals surface area contributed by atoms with E-state index in [1.54, 1.807) is 7.05 Å². The number of nitrogens with one attached hydrogen (secondary N) is 1. The number of rotatable bonds is 4. The molecule has 1 heterocycles. The molecule has 1 aromatic rings.